The van der Waals surface area contributed by atoms with E-state index in [-0.39, 0.29) is 5.82 Å². The lowest BCUT2D eigenvalue weighted by molar-refractivity contribution is 0.0819. The number of fused-ring (bicyclic) bond motifs is 2. The van der Waals surface area contributed by atoms with Gasteiger partial charge in [0.25, 0.3) is 0 Å². The smallest absolute Gasteiger partial charge is 0.165 e. The van der Waals surface area contributed by atoms with E-state index in [0.29, 0.717) is 30.6 Å². The molecule has 10 heteroatoms. The number of rotatable bonds is 5. The predicted molar refractivity (Wildman–Crippen MR) is 144 cm³/mol. The molecule has 1 atom stereocenters. The van der Waals surface area contributed by atoms with E-state index >= 15 is 4.39 Å². The molecule has 0 aliphatic carbocycles. The number of H-pyrrole nitrogens is 1. The van der Waals surface area contributed by atoms with Crippen molar-refractivity contribution in [3.8, 4) is 11.4 Å². The molecule has 1 aromatic carbocycles. The van der Waals surface area contributed by atoms with Gasteiger partial charge in [0.05, 0.1) is 35.6 Å². The first-order valence-electron chi connectivity index (χ1n) is 13.2. The van der Waals surface area contributed by atoms with Crippen molar-refractivity contribution in [2.24, 2.45) is 0 Å². The highest BCUT2D eigenvalue weighted by Gasteiger charge is 2.28. The molecular formula is C27H31FN6O2S. The zero-order valence-corrected chi connectivity index (χ0v) is 21.6. The third kappa shape index (κ3) is 4.51. The Kier molecular flexibility index (Phi) is 6.30. The summed E-state index contributed by atoms with van der Waals surface area (Å²) in [6, 6.07) is 7.92. The number of ether oxygens (including phenoxy) is 2. The number of anilines is 1. The number of nitrogens with one attached hydrogen (secondary N) is 1. The van der Waals surface area contributed by atoms with Gasteiger partial charge in [-0.3, -0.25) is 9.80 Å². The first-order chi connectivity index (χ1) is 18.2. The summed E-state index contributed by atoms with van der Waals surface area (Å²) < 4.78 is 27.4. The molecule has 3 saturated heterocycles. The Bertz CT molecular complexity index is 1400. The highest BCUT2D eigenvalue weighted by atomic mass is 32.1. The fourth-order valence-corrected chi connectivity index (χ4v) is 6.95. The fraction of sp³-hybridized carbons (Fsp3) is 0.481. The number of hydrogen-bond donors (Lipinski definition) is 1. The maximum absolute atomic E-state index is 15.2. The van der Waals surface area contributed by atoms with E-state index in [4.69, 9.17) is 19.4 Å². The van der Waals surface area contributed by atoms with Gasteiger partial charge in [0.1, 0.15) is 5.82 Å². The average molecular weight is 523 g/mol. The highest BCUT2D eigenvalue weighted by Crippen LogP contribution is 2.37. The topological polar surface area (TPSA) is 69.8 Å². The average Bonchev–Trinajstić information content (AvgIpc) is 3.70. The highest BCUT2D eigenvalue weighted by molar-refractivity contribution is 7.19. The molecule has 1 unspecified atom stereocenters. The maximum Gasteiger partial charge on any atom is 0.165 e. The Hall–Kier alpha value is -2.63. The molecule has 0 amide bonds. The second-order valence-corrected chi connectivity index (χ2v) is 11.2. The number of hydrogen-bond acceptors (Lipinski definition) is 8. The molecule has 8 nitrogen and oxygen atoms in total. The van der Waals surface area contributed by atoms with Crippen molar-refractivity contribution in [3.05, 3.63) is 41.2 Å². The van der Waals surface area contributed by atoms with Crippen molar-refractivity contribution in [2.75, 3.05) is 70.6 Å². The molecule has 3 aliphatic rings. The lowest BCUT2D eigenvalue weighted by Gasteiger charge is -2.37. The maximum atomic E-state index is 15.2. The van der Waals surface area contributed by atoms with Crippen molar-refractivity contribution in [3.63, 3.8) is 0 Å². The predicted octanol–water partition coefficient (Wildman–Crippen LogP) is 3.72. The first kappa shape index (κ1) is 23.5. The Morgan fingerprint density at radius 1 is 1.00 bits per heavy atom. The van der Waals surface area contributed by atoms with E-state index in [2.05, 4.69) is 25.8 Å². The van der Waals surface area contributed by atoms with Gasteiger partial charge < -0.3 is 19.4 Å². The summed E-state index contributed by atoms with van der Waals surface area (Å²) >= 11 is 1.77. The summed E-state index contributed by atoms with van der Waals surface area (Å²) in [5.41, 5.74) is 2.22. The van der Waals surface area contributed by atoms with E-state index < -0.39 is 0 Å². The van der Waals surface area contributed by atoms with Crippen LogP contribution in [0.3, 0.4) is 0 Å². The first-order valence-corrected chi connectivity index (χ1v) is 14.0. The molecule has 0 radical (unpaired) electrons. The summed E-state index contributed by atoms with van der Waals surface area (Å²) in [6.07, 6.45) is 2.98. The fourth-order valence-electron chi connectivity index (χ4n) is 5.79. The van der Waals surface area contributed by atoms with Crippen LogP contribution in [0.1, 0.15) is 11.3 Å². The van der Waals surface area contributed by atoms with Crippen molar-refractivity contribution in [2.45, 2.75) is 19.0 Å². The molecule has 194 valence electrons. The number of nitrogens with zero attached hydrogens (tertiary/aromatic N) is 5. The minimum Gasteiger partial charge on any atom is -0.380 e. The van der Waals surface area contributed by atoms with Crippen LogP contribution in [0.5, 0.6) is 0 Å². The van der Waals surface area contributed by atoms with Crippen LogP contribution >= 0.6 is 11.3 Å². The molecule has 7 rings (SSSR count). The quantitative estimate of drug-likeness (QED) is 0.428. The minimum atomic E-state index is -0.305. The summed E-state index contributed by atoms with van der Waals surface area (Å²) in [5.74, 6) is 1.02. The van der Waals surface area contributed by atoms with Gasteiger partial charge >= 0.3 is 0 Å². The van der Waals surface area contributed by atoms with Crippen molar-refractivity contribution < 1.29 is 13.9 Å². The van der Waals surface area contributed by atoms with Crippen LogP contribution in [0.15, 0.2) is 30.5 Å². The number of morpholine rings is 1. The van der Waals surface area contributed by atoms with Crippen LogP contribution in [-0.4, -0.2) is 96.5 Å². The Labute approximate surface area is 219 Å². The molecule has 0 bridgehead atoms. The molecule has 3 fully saturated rings. The van der Waals surface area contributed by atoms with E-state index in [0.717, 1.165) is 92.4 Å². The SMILES string of the molecule is Fc1ccc2[nH]ccc2c1-c1nc(N2CCOCC2)c2sc(CN3CCN(C4CCOC4)CC3)cc2n1. The Morgan fingerprint density at radius 2 is 1.86 bits per heavy atom. The van der Waals surface area contributed by atoms with Crippen LogP contribution in [0.2, 0.25) is 0 Å². The van der Waals surface area contributed by atoms with Crippen LogP contribution in [0, 0.1) is 5.82 Å². The molecule has 0 saturated carbocycles. The molecule has 1 N–H and O–H groups in total. The van der Waals surface area contributed by atoms with Gasteiger partial charge in [0.15, 0.2) is 11.6 Å². The van der Waals surface area contributed by atoms with Crippen molar-refractivity contribution in [1.82, 2.24) is 24.8 Å². The molecule has 3 aromatic heterocycles. The van der Waals surface area contributed by atoms with E-state index in [9.17, 15) is 0 Å². The summed E-state index contributed by atoms with van der Waals surface area (Å²) in [5, 5.41) is 0.799. The second kappa shape index (κ2) is 9.92. The van der Waals surface area contributed by atoms with Gasteiger partial charge in [0, 0.05) is 80.4 Å². The van der Waals surface area contributed by atoms with Crippen molar-refractivity contribution in [1.29, 1.82) is 0 Å². The van der Waals surface area contributed by atoms with E-state index in [1.54, 1.807) is 17.4 Å². The third-order valence-electron chi connectivity index (χ3n) is 7.83. The number of aromatic amines is 1. The normalized spacial score (nSPS) is 22.0. The Morgan fingerprint density at radius 3 is 2.68 bits per heavy atom. The van der Waals surface area contributed by atoms with Crippen LogP contribution in [0.25, 0.3) is 32.5 Å². The monoisotopic (exact) mass is 522 g/mol. The lowest BCUT2D eigenvalue weighted by Crippen LogP contribution is -2.50. The van der Waals surface area contributed by atoms with Crippen molar-refractivity contribution >= 4 is 38.3 Å². The molecule has 0 spiro atoms. The van der Waals surface area contributed by atoms with Gasteiger partial charge in [-0.15, -0.1) is 11.3 Å². The molecule has 37 heavy (non-hydrogen) atoms. The largest absolute Gasteiger partial charge is 0.380 e. The summed E-state index contributed by atoms with van der Waals surface area (Å²) in [7, 11) is 0. The molecular weight excluding hydrogens is 491 g/mol. The van der Waals surface area contributed by atoms with Gasteiger partial charge in [-0.05, 0) is 30.7 Å². The van der Waals surface area contributed by atoms with Gasteiger partial charge in [-0.1, -0.05) is 0 Å². The summed E-state index contributed by atoms with van der Waals surface area (Å²) in [6.45, 7) is 9.80. The zero-order valence-electron chi connectivity index (χ0n) is 20.8. The third-order valence-corrected chi connectivity index (χ3v) is 8.94. The van der Waals surface area contributed by atoms with E-state index in [1.807, 2.05) is 12.3 Å². The van der Waals surface area contributed by atoms with Gasteiger partial charge in [-0.2, -0.15) is 0 Å². The Balaban J connectivity index is 1.21. The number of aromatic nitrogens is 3. The van der Waals surface area contributed by atoms with E-state index in [1.165, 1.54) is 10.9 Å². The summed E-state index contributed by atoms with van der Waals surface area (Å²) in [4.78, 5) is 21.7. The van der Waals surface area contributed by atoms with Crippen LogP contribution in [0.4, 0.5) is 10.2 Å². The van der Waals surface area contributed by atoms with Crippen LogP contribution < -0.4 is 4.90 Å². The second-order valence-electron chi connectivity index (χ2n) is 10.1. The lowest BCUT2D eigenvalue weighted by atomic mass is 10.1. The molecule has 3 aliphatic heterocycles. The number of halogens is 1. The molecule has 6 heterocycles. The standard InChI is InChI=1S/C27H31FN6O2S/c28-21-1-2-22-20(3-5-29-22)24(21)26-30-23-15-19(37-25(23)27(31-26)34-10-13-35-14-11-34)16-32-6-8-33(9-7-32)18-4-12-36-17-18/h1-3,5,15,18,29H,4,6-14,16-17H2. The van der Waals surface area contributed by atoms with Gasteiger partial charge in [0.2, 0.25) is 0 Å². The minimum absolute atomic E-state index is 0.305. The van der Waals surface area contributed by atoms with Gasteiger partial charge in [-0.25, -0.2) is 14.4 Å². The number of thiophene rings is 1. The zero-order chi connectivity index (χ0) is 24.8. The van der Waals surface area contributed by atoms with Crippen LogP contribution in [-0.2, 0) is 16.0 Å². The number of benzene rings is 1. The molecule has 4 aromatic rings. The number of piperazine rings is 1.